The molecule has 0 saturated heterocycles. The standard InChI is InChI=1S/C107H180O16P2/c1-4-7-10-13-16-19-22-25-28-31-34-37-40-43-45-47-49-50-52-54-55-58-60-63-66-69-72-75-78-81-84-87-90-93-105(110)117-96-102(108)97-119-124(113,114)120-98-103(109)99-121-125(115,116)122-101-104(123-107(112)95-92-89-86-83-80-77-74-71-68-65-62-57-42-39-36-33-30-27-24-21-18-15-12-9-6-3)100-118-106(111)94-91-88-85-82-79-76-73-70-67-64-61-59-56-53-51-48-46-44-41-38-35-32-29-26-23-20-17-14-11-8-5-2/h7,9-10,12,16-21,25-30,34-39,43-46,49-50,57,62,68,71,102-104,108-109H,4-6,8,11,13-15,22-24,31-33,40-42,47-48,51-56,58-61,63-67,69-70,72-101H2,1-3H3,(H,113,114)(H,115,116)/b10-7-,12-9-,19-16-,20-17-,21-18-,28-25-,29-26-,30-27-,37-34-,38-35-,39-36-,45-43-,46-44-,50-49-,62-57-,71-68-. The Hall–Kier alpha value is -5.61. The Morgan fingerprint density at radius 3 is 0.672 bits per heavy atom. The highest BCUT2D eigenvalue weighted by atomic mass is 31.2. The second-order valence-electron chi connectivity index (χ2n) is 32.8. The summed E-state index contributed by atoms with van der Waals surface area (Å²) in [6, 6.07) is 0. The molecule has 0 aromatic heterocycles. The molecule has 0 aromatic rings. The summed E-state index contributed by atoms with van der Waals surface area (Å²) in [6.45, 7) is 2.46. The van der Waals surface area contributed by atoms with Crippen LogP contribution in [-0.4, -0.2) is 95.9 Å². The largest absolute Gasteiger partial charge is 0.472 e. The van der Waals surface area contributed by atoms with E-state index in [1.807, 2.05) is 0 Å². The summed E-state index contributed by atoms with van der Waals surface area (Å²) in [5.74, 6) is -1.59. The van der Waals surface area contributed by atoms with Crippen LogP contribution in [0.5, 0.6) is 0 Å². The second-order valence-corrected chi connectivity index (χ2v) is 35.7. The molecule has 0 rings (SSSR count). The fourth-order valence-corrected chi connectivity index (χ4v) is 14.9. The zero-order valence-corrected chi connectivity index (χ0v) is 80.7. The van der Waals surface area contributed by atoms with Crippen LogP contribution in [0.4, 0.5) is 0 Å². The molecule has 5 unspecified atom stereocenters. The Bertz CT molecular complexity index is 3050. The van der Waals surface area contributed by atoms with Gasteiger partial charge in [0.05, 0.1) is 26.4 Å². The molecule has 4 N–H and O–H groups in total. The molecule has 714 valence electrons. The molecule has 125 heavy (non-hydrogen) atoms. The number of aliphatic hydroxyl groups excluding tert-OH is 2. The zero-order chi connectivity index (χ0) is 90.7. The fourth-order valence-electron chi connectivity index (χ4n) is 13.3. The van der Waals surface area contributed by atoms with Crippen molar-refractivity contribution in [3.05, 3.63) is 194 Å². The van der Waals surface area contributed by atoms with Crippen molar-refractivity contribution in [1.82, 2.24) is 0 Å². The van der Waals surface area contributed by atoms with Crippen molar-refractivity contribution in [3.8, 4) is 0 Å². The minimum atomic E-state index is -4.95. The van der Waals surface area contributed by atoms with Gasteiger partial charge in [-0.3, -0.25) is 32.5 Å². The lowest BCUT2D eigenvalue weighted by molar-refractivity contribution is -0.161. The monoisotopic (exact) mass is 1780 g/mol. The van der Waals surface area contributed by atoms with E-state index in [1.165, 1.54) is 167 Å². The third-order valence-electron chi connectivity index (χ3n) is 20.8. The van der Waals surface area contributed by atoms with Gasteiger partial charge in [-0.25, -0.2) is 9.13 Å². The van der Waals surface area contributed by atoms with Crippen LogP contribution in [0.2, 0.25) is 0 Å². The molecule has 0 heterocycles. The summed E-state index contributed by atoms with van der Waals surface area (Å²) < 4.78 is 61.6. The summed E-state index contributed by atoms with van der Waals surface area (Å²) in [4.78, 5) is 59.2. The third-order valence-corrected chi connectivity index (χ3v) is 22.7. The van der Waals surface area contributed by atoms with Gasteiger partial charge >= 0.3 is 33.6 Å². The van der Waals surface area contributed by atoms with Crippen molar-refractivity contribution < 1.29 is 75.8 Å². The summed E-state index contributed by atoms with van der Waals surface area (Å²) in [5, 5.41) is 20.8. The van der Waals surface area contributed by atoms with Crippen molar-refractivity contribution in [2.45, 2.75) is 424 Å². The Balaban J connectivity index is 4.63. The number of unbranched alkanes of at least 4 members (excludes halogenated alkanes) is 38. The average molecular weight is 1780 g/mol. The van der Waals surface area contributed by atoms with E-state index in [-0.39, 0.29) is 19.3 Å². The van der Waals surface area contributed by atoms with Gasteiger partial charge in [0.2, 0.25) is 0 Å². The van der Waals surface area contributed by atoms with Crippen molar-refractivity contribution in [1.29, 1.82) is 0 Å². The van der Waals surface area contributed by atoms with Crippen LogP contribution >= 0.6 is 15.6 Å². The number of rotatable bonds is 93. The predicted octanol–water partition coefficient (Wildman–Crippen LogP) is 31.3. The number of aliphatic hydroxyl groups is 2. The molecule has 18 heteroatoms. The summed E-state index contributed by atoms with van der Waals surface area (Å²) in [5.41, 5.74) is 0. The number of hydrogen-bond donors (Lipinski definition) is 4. The number of ether oxygens (including phenoxy) is 3. The Kier molecular flexibility index (Phi) is 93.1. The smallest absolute Gasteiger partial charge is 0.463 e. The number of allylic oxidation sites excluding steroid dienone is 32. The quantitative estimate of drug-likeness (QED) is 0.0146. The van der Waals surface area contributed by atoms with Crippen molar-refractivity contribution in [2.75, 3.05) is 39.6 Å². The van der Waals surface area contributed by atoms with Crippen LogP contribution in [0.15, 0.2) is 194 Å². The van der Waals surface area contributed by atoms with E-state index in [4.69, 9.17) is 32.3 Å². The minimum Gasteiger partial charge on any atom is -0.463 e. The van der Waals surface area contributed by atoms with Gasteiger partial charge in [0.1, 0.15) is 25.4 Å². The number of carbonyl (C=O) groups is 3. The molecule has 0 aromatic carbocycles. The summed E-state index contributed by atoms with van der Waals surface area (Å²) >= 11 is 0. The van der Waals surface area contributed by atoms with Crippen LogP contribution in [0.3, 0.4) is 0 Å². The maximum Gasteiger partial charge on any atom is 0.472 e. The Labute approximate surface area is 763 Å². The molecule has 16 nitrogen and oxygen atoms in total. The van der Waals surface area contributed by atoms with Gasteiger partial charge in [-0.1, -0.05) is 414 Å². The summed E-state index contributed by atoms with van der Waals surface area (Å²) in [6.07, 6.45) is 131. The topological polar surface area (TPSA) is 231 Å². The highest BCUT2D eigenvalue weighted by Gasteiger charge is 2.30. The first-order valence-corrected chi connectivity index (χ1v) is 52.7. The van der Waals surface area contributed by atoms with E-state index in [0.717, 1.165) is 180 Å². The van der Waals surface area contributed by atoms with Crippen molar-refractivity contribution in [3.63, 3.8) is 0 Å². The van der Waals surface area contributed by atoms with Gasteiger partial charge in [-0.05, 0) is 167 Å². The van der Waals surface area contributed by atoms with Crippen LogP contribution in [0.1, 0.15) is 406 Å². The van der Waals surface area contributed by atoms with Gasteiger partial charge in [0.25, 0.3) is 0 Å². The molecule has 0 aliphatic rings. The van der Waals surface area contributed by atoms with Gasteiger partial charge in [0, 0.05) is 19.3 Å². The summed E-state index contributed by atoms with van der Waals surface area (Å²) in [7, 11) is -9.83. The van der Waals surface area contributed by atoms with E-state index >= 15 is 0 Å². The molecule has 5 atom stereocenters. The molecule has 0 aliphatic heterocycles. The van der Waals surface area contributed by atoms with E-state index in [1.54, 1.807) is 0 Å². The third kappa shape index (κ3) is 98.8. The number of phosphoric acid groups is 2. The molecule has 0 bridgehead atoms. The number of phosphoric ester groups is 2. The van der Waals surface area contributed by atoms with Gasteiger partial charge in [-0.2, -0.15) is 0 Å². The van der Waals surface area contributed by atoms with Crippen molar-refractivity contribution >= 4 is 33.6 Å². The molecule has 0 fully saturated rings. The van der Waals surface area contributed by atoms with Crippen LogP contribution in [0, 0.1) is 0 Å². The lowest BCUT2D eigenvalue weighted by Gasteiger charge is -2.21. The highest BCUT2D eigenvalue weighted by Crippen LogP contribution is 2.45. The molecule has 0 aliphatic carbocycles. The normalized spacial score (nSPS) is 14.5. The first-order valence-electron chi connectivity index (χ1n) is 49.7. The van der Waals surface area contributed by atoms with Crippen LogP contribution in [0.25, 0.3) is 0 Å². The molecular weight excluding hydrogens is 1600 g/mol. The van der Waals surface area contributed by atoms with Crippen molar-refractivity contribution in [2.24, 2.45) is 0 Å². The first kappa shape index (κ1) is 119. The van der Waals surface area contributed by atoms with Crippen LogP contribution < -0.4 is 0 Å². The average Bonchev–Trinajstić information content (AvgIpc) is 0.902. The fraction of sp³-hybridized carbons (Fsp3) is 0.673. The lowest BCUT2D eigenvalue weighted by atomic mass is 10.0. The molecular formula is C107H180O16P2. The predicted molar refractivity (Wildman–Crippen MR) is 528 cm³/mol. The number of carbonyl (C=O) groups excluding carboxylic acids is 3. The molecule has 0 amide bonds. The number of hydrogen-bond acceptors (Lipinski definition) is 14. The Morgan fingerprint density at radius 2 is 0.424 bits per heavy atom. The SMILES string of the molecule is CC/C=C\C/C=C\C/C=C\C/C=C\C/C=C\C/C=C\CCCCCCCCCCCCCCCCC(=O)OCC(O)COP(=O)(O)OCC(O)COP(=O)(O)OCC(COC(=O)CCCCCCCCCCCCCCCCC/C=C\C/C=C\C/C=C\C/C=C\CCCCC)OC(=O)CCCCCCCC/C=C\C/C=C\C/C=C\C/C=C\C/C=C\C/C=C\CC. The second kappa shape index (κ2) is 97.4. The van der Waals surface area contributed by atoms with E-state index in [0.29, 0.717) is 19.3 Å². The molecule has 0 saturated carbocycles. The van der Waals surface area contributed by atoms with E-state index < -0.39 is 91.5 Å². The van der Waals surface area contributed by atoms with Gasteiger partial charge < -0.3 is 34.2 Å². The molecule has 0 spiro atoms. The maximum absolute atomic E-state index is 13.1. The van der Waals surface area contributed by atoms with E-state index in [9.17, 15) is 43.5 Å². The first-order chi connectivity index (χ1) is 61.2. The number of esters is 3. The van der Waals surface area contributed by atoms with Gasteiger partial charge in [-0.15, -0.1) is 0 Å². The zero-order valence-electron chi connectivity index (χ0n) is 79.0. The Morgan fingerprint density at radius 1 is 0.232 bits per heavy atom. The van der Waals surface area contributed by atoms with Gasteiger partial charge in [0.15, 0.2) is 6.10 Å². The molecule has 0 radical (unpaired) electrons. The van der Waals surface area contributed by atoms with E-state index in [2.05, 4.69) is 215 Å². The highest BCUT2D eigenvalue weighted by molar-refractivity contribution is 7.47. The minimum absolute atomic E-state index is 0.0822. The van der Waals surface area contributed by atoms with Crippen LogP contribution in [-0.2, 0) is 55.8 Å². The maximum atomic E-state index is 13.1. The lowest BCUT2D eigenvalue weighted by Crippen LogP contribution is -2.30.